The maximum absolute atomic E-state index is 5.94. The van der Waals surface area contributed by atoms with Gasteiger partial charge in [-0.1, -0.05) is 30.7 Å². The van der Waals surface area contributed by atoms with E-state index in [-0.39, 0.29) is 5.54 Å². The number of rotatable bonds is 4. The molecule has 0 fully saturated rings. The van der Waals surface area contributed by atoms with Crippen molar-refractivity contribution < 1.29 is 0 Å². The lowest BCUT2D eigenvalue weighted by molar-refractivity contribution is 0.147. The summed E-state index contributed by atoms with van der Waals surface area (Å²) >= 11 is 5.94. The molecule has 2 rings (SSSR count). The maximum Gasteiger partial charge on any atom is 0.0901 e. The highest BCUT2D eigenvalue weighted by atomic mass is 35.5. The van der Waals surface area contributed by atoms with E-state index in [9.17, 15) is 0 Å². The normalized spacial score (nSPS) is 15.6. The Morgan fingerprint density at radius 2 is 1.89 bits per heavy atom. The number of benzene rings is 1. The zero-order valence-corrected chi connectivity index (χ0v) is 11.8. The lowest BCUT2D eigenvalue weighted by atomic mass is 9.93. The summed E-state index contributed by atoms with van der Waals surface area (Å²) in [5, 5.41) is 0.783. The van der Waals surface area contributed by atoms with Crippen LogP contribution in [0.1, 0.15) is 25.8 Å². The minimum absolute atomic E-state index is 0.0307. The van der Waals surface area contributed by atoms with Crippen LogP contribution >= 0.6 is 11.6 Å². The molecular formula is C15H20ClN2. The zero-order valence-electron chi connectivity index (χ0n) is 11.1. The van der Waals surface area contributed by atoms with Crippen LogP contribution in [-0.2, 0) is 5.54 Å². The molecule has 1 aliphatic heterocycles. The van der Waals surface area contributed by atoms with Crippen molar-refractivity contribution in [3.8, 4) is 0 Å². The molecule has 1 aromatic carbocycles. The van der Waals surface area contributed by atoms with Gasteiger partial charge in [-0.2, -0.15) is 0 Å². The first kappa shape index (κ1) is 13.3. The second kappa shape index (κ2) is 5.23. The first-order valence-corrected chi connectivity index (χ1v) is 6.66. The molecule has 0 saturated heterocycles. The van der Waals surface area contributed by atoms with Gasteiger partial charge in [0.15, 0.2) is 0 Å². The Labute approximate surface area is 115 Å². The van der Waals surface area contributed by atoms with Gasteiger partial charge in [0.25, 0.3) is 0 Å². The molecule has 0 N–H and O–H groups in total. The first-order valence-electron chi connectivity index (χ1n) is 6.28. The lowest BCUT2D eigenvalue weighted by Gasteiger charge is -2.37. The van der Waals surface area contributed by atoms with E-state index in [1.807, 2.05) is 12.1 Å². The maximum atomic E-state index is 5.94. The fourth-order valence-electron chi connectivity index (χ4n) is 2.20. The van der Waals surface area contributed by atoms with Gasteiger partial charge in [-0.15, -0.1) is 0 Å². The Hall–Kier alpha value is -1.15. The molecule has 0 spiro atoms. The van der Waals surface area contributed by atoms with E-state index in [0.717, 1.165) is 24.7 Å². The van der Waals surface area contributed by atoms with Gasteiger partial charge in [-0.05, 0) is 38.0 Å². The average Bonchev–Trinajstić information content (AvgIpc) is 2.79. The molecule has 18 heavy (non-hydrogen) atoms. The molecule has 1 aromatic rings. The minimum atomic E-state index is -0.0307. The van der Waals surface area contributed by atoms with E-state index in [4.69, 9.17) is 11.6 Å². The molecule has 0 saturated carbocycles. The Kier molecular flexibility index (Phi) is 3.86. The van der Waals surface area contributed by atoms with Gasteiger partial charge in [0.2, 0.25) is 0 Å². The van der Waals surface area contributed by atoms with Crippen molar-refractivity contribution in [2.45, 2.75) is 25.8 Å². The summed E-state index contributed by atoms with van der Waals surface area (Å²) in [6, 6.07) is 8.10. The van der Waals surface area contributed by atoms with Crippen LogP contribution < -0.4 is 0 Å². The summed E-state index contributed by atoms with van der Waals surface area (Å²) in [5.74, 6) is 0. The van der Waals surface area contributed by atoms with Crippen LogP contribution in [0.2, 0.25) is 5.02 Å². The third-order valence-electron chi connectivity index (χ3n) is 3.51. The van der Waals surface area contributed by atoms with Crippen LogP contribution in [0.25, 0.3) is 0 Å². The zero-order chi connectivity index (χ0) is 13.2. The van der Waals surface area contributed by atoms with Crippen LogP contribution in [0.4, 0.5) is 0 Å². The fraction of sp³-hybridized carbons (Fsp3) is 0.400. The summed E-state index contributed by atoms with van der Waals surface area (Å²) in [6.07, 6.45) is 5.23. The van der Waals surface area contributed by atoms with Crippen molar-refractivity contribution >= 4 is 11.6 Å². The van der Waals surface area contributed by atoms with E-state index in [1.54, 1.807) is 0 Å². The van der Waals surface area contributed by atoms with E-state index < -0.39 is 0 Å². The molecule has 0 atom stereocenters. The van der Waals surface area contributed by atoms with Gasteiger partial charge >= 0.3 is 0 Å². The molecule has 0 unspecified atom stereocenters. The molecule has 3 heteroatoms. The number of hydrogen-bond acceptors (Lipinski definition) is 2. The Morgan fingerprint density at radius 3 is 2.50 bits per heavy atom. The second-order valence-electron chi connectivity index (χ2n) is 5.14. The van der Waals surface area contributed by atoms with Gasteiger partial charge in [0.05, 0.1) is 12.2 Å². The van der Waals surface area contributed by atoms with Crippen LogP contribution in [-0.4, -0.2) is 23.0 Å². The highest BCUT2D eigenvalue weighted by molar-refractivity contribution is 6.30. The van der Waals surface area contributed by atoms with E-state index >= 15 is 0 Å². The number of nitrogens with zero attached hydrogens (tertiary/aromatic N) is 2. The largest absolute Gasteiger partial charge is 0.359 e. The van der Waals surface area contributed by atoms with Crippen molar-refractivity contribution in [3.05, 3.63) is 54.2 Å². The lowest BCUT2D eigenvalue weighted by Crippen LogP contribution is -2.39. The predicted molar refractivity (Wildman–Crippen MR) is 77.0 cm³/mol. The van der Waals surface area contributed by atoms with Crippen LogP contribution in [0.5, 0.6) is 0 Å². The smallest absolute Gasteiger partial charge is 0.0901 e. The molecular weight excluding hydrogens is 244 g/mol. The van der Waals surface area contributed by atoms with E-state index in [0.29, 0.717) is 0 Å². The van der Waals surface area contributed by atoms with Crippen LogP contribution in [0.3, 0.4) is 0 Å². The molecule has 2 nitrogen and oxygen atoms in total. The van der Waals surface area contributed by atoms with Gasteiger partial charge in [0, 0.05) is 24.0 Å². The van der Waals surface area contributed by atoms with Crippen molar-refractivity contribution in [2.24, 2.45) is 0 Å². The SMILES string of the molecule is [CH2]CCN1C=CN(C(C)(C)c2ccc(Cl)cc2)C1. The quantitative estimate of drug-likeness (QED) is 0.814. The standard InChI is InChI=1S/C15H20ClN2/c1-4-9-17-10-11-18(12-17)15(2,3)13-5-7-14(16)8-6-13/h5-8,10-11H,1,4,9,12H2,2-3H3. The molecule has 97 valence electrons. The second-order valence-corrected chi connectivity index (χ2v) is 5.58. The average molecular weight is 264 g/mol. The number of halogens is 1. The van der Waals surface area contributed by atoms with E-state index in [1.165, 1.54) is 5.56 Å². The Bertz CT molecular complexity index is 423. The fourth-order valence-corrected chi connectivity index (χ4v) is 2.33. The summed E-state index contributed by atoms with van der Waals surface area (Å²) < 4.78 is 0. The monoisotopic (exact) mass is 263 g/mol. The topological polar surface area (TPSA) is 6.48 Å². The predicted octanol–water partition coefficient (Wildman–Crippen LogP) is 3.85. The van der Waals surface area contributed by atoms with Gasteiger partial charge in [-0.25, -0.2) is 0 Å². The minimum Gasteiger partial charge on any atom is -0.359 e. The third-order valence-corrected chi connectivity index (χ3v) is 3.76. The van der Waals surface area contributed by atoms with E-state index in [2.05, 4.69) is 55.1 Å². The highest BCUT2D eigenvalue weighted by Gasteiger charge is 2.29. The van der Waals surface area contributed by atoms with Crippen molar-refractivity contribution in [3.63, 3.8) is 0 Å². The van der Waals surface area contributed by atoms with Gasteiger partial charge in [0.1, 0.15) is 0 Å². The summed E-state index contributed by atoms with van der Waals surface area (Å²) in [5.41, 5.74) is 1.24. The summed E-state index contributed by atoms with van der Waals surface area (Å²) in [7, 11) is 0. The Balaban J connectivity index is 2.12. The first-order chi connectivity index (χ1) is 8.54. The third kappa shape index (κ3) is 2.64. The van der Waals surface area contributed by atoms with Gasteiger partial charge in [-0.3, -0.25) is 0 Å². The molecule has 0 amide bonds. The summed E-state index contributed by atoms with van der Waals surface area (Å²) in [6.45, 7) is 10.3. The van der Waals surface area contributed by atoms with Crippen molar-refractivity contribution in [2.75, 3.05) is 13.2 Å². The Morgan fingerprint density at radius 1 is 1.22 bits per heavy atom. The van der Waals surface area contributed by atoms with Crippen molar-refractivity contribution in [1.29, 1.82) is 0 Å². The molecule has 1 aliphatic rings. The molecule has 1 radical (unpaired) electrons. The van der Waals surface area contributed by atoms with Crippen LogP contribution in [0, 0.1) is 6.92 Å². The summed E-state index contributed by atoms with van der Waals surface area (Å²) in [4.78, 5) is 4.62. The van der Waals surface area contributed by atoms with Gasteiger partial charge < -0.3 is 9.80 Å². The highest BCUT2D eigenvalue weighted by Crippen LogP contribution is 2.31. The molecule has 0 aromatic heterocycles. The number of hydrogen-bond donors (Lipinski definition) is 0. The molecule has 0 aliphatic carbocycles. The molecule has 0 bridgehead atoms. The van der Waals surface area contributed by atoms with Crippen LogP contribution in [0.15, 0.2) is 36.7 Å². The van der Waals surface area contributed by atoms with Crippen molar-refractivity contribution in [1.82, 2.24) is 9.80 Å². The molecule has 1 heterocycles.